The van der Waals surface area contributed by atoms with Crippen LogP contribution in [0.4, 0.5) is 0 Å². The van der Waals surface area contributed by atoms with Crippen molar-refractivity contribution in [2.24, 2.45) is 11.7 Å². The average molecular weight is 196 g/mol. The highest BCUT2D eigenvalue weighted by molar-refractivity contribution is 5.79. The van der Waals surface area contributed by atoms with Crippen LogP contribution in [0.5, 0.6) is 0 Å². The molecule has 80 valence electrons. The Morgan fingerprint density at radius 3 is 2.50 bits per heavy atom. The smallest absolute Gasteiger partial charge is 0.225 e. The lowest BCUT2D eigenvalue weighted by Gasteiger charge is -2.29. The van der Waals surface area contributed by atoms with Crippen molar-refractivity contribution >= 4 is 5.91 Å². The van der Waals surface area contributed by atoms with Gasteiger partial charge in [0.1, 0.15) is 0 Å². The van der Waals surface area contributed by atoms with Crippen LogP contribution < -0.4 is 5.73 Å². The third-order valence-corrected chi connectivity index (χ3v) is 3.48. The molecule has 0 aromatic heterocycles. The zero-order valence-corrected chi connectivity index (χ0v) is 8.74. The number of hydrogen-bond donors (Lipinski definition) is 1. The molecular weight excluding hydrogens is 176 g/mol. The van der Waals surface area contributed by atoms with Crippen LogP contribution in [-0.2, 0) is 4.79 Å². The van der Waals surface area contributed by atoms with Gasteiger partial charge in [0.15, 0.2) is 0 Å². The molecule has 2 N–H and O–H groups in total. The fraction of sp³-hybridized carbons (Fsp3) is 0.909. The third-order valence-electron chi connectivity index (χ3n) is 3.48. The Morgan fingerprint density at radius 1 is 1.14 bits per heavy atom. The Bertz CT molecular complexity index is 211. The zero-order chi connectivity index (χ0) is 9.97. The van der Waals surface area contributed by atoms with Crippen molar-refractivity contribution in [1.29, 1.82) is 0 Å². The van der Waals surface area contributed by atoms with E-state index in [1.807, 2.05) is 4.90 Å². The van der Waals surface area contributed by atoms with Crippen LogP contribution in [0.2, 0.25) is 0 Å². The molecule has 0 aromatic carbocycles. The lowest BCUT2D eigenvalue weighted by Crippen LogP contribution is -2.39. The summed E-state index contributed by atoms with van der Waals surface area (Å²) < 4.78 is 0. The molecule has 1 saturated carbocycles. The molecule has 1 aliphatic heterocycles. The molecule has 2 fully saturated rings. The molecule has 1 saturated heterocycles. The zero-order valence-electron chi connectivity index (χ0n) is 8.74. The molecule has 0 spiro atoms. The molecule has 0 bridgehead atoms. The lowest BCUT2D eigenvalue weighted by atomic mass is 9.85. The van der Waals surface area contributed by atoms with Gasteiger partial charge in [-0.05, 0) is 32.1 Å². The van der Waals surface area contributed by atoms with E-state index in [1.54, 1.807) is 0 Å². The fourth-order valence-electron chi connectivity index (χ4n) is 2.65. The first-order valence-electron chi connectivity index (χ1n) is 5.82. The summed E-state index contributed by atoms with van der Waals surface area (Å²) in [6, 6.07) is 0.264. The predicted octanol–water partition coefficient (Wildman–Crippen LogP) is 1.13. The lowest BCUT2D eigenvalue weighted by molar-refractivity contribution is -0.135. The topological polar surface area (TPSA) is 46.3 Å². The second-order valence-corrected chi connectivity index (χ2v) is 4.66. The van der Waals surface area contributed by atoms with Crippen molar-refractivity contribution in [1.82, 2.24) is 4.90 Å². The van der Waals surface area contributed by atoms with Crippen LogP contribution in [-0.4, -0.2) is 29.9 Å². The normalized spacial score (nSPS) is 33.4. The van der Waals surface area contributed by atoms with Crippen LogP contribution in [0, 0.1) is 5.92 Å². The molecule has 2 rings (SSSR count). The number of nitrogens with two attached hydrogens (primary N) is 1. The number of likely N-dealkylation sites (tertiary alicyclic amines) is 1. The molecule has 0 unspecified atom stereocenters. The van der Waals surface area contributed by atoms with E-state index in [-0.39, 0.29) is 12.0 Å². The highest BCUT2D eigenvalue weighted by atomic mass is 16.2. The standard InChI is InChI=1S/C11H20N2O/c12-10-5-3-4-9(8-10)11(14)13-6-1-2-7-13/h9-10H,1-8,12H2/t9-,10+/m1/s1. The predicted molar refractivity (Wildman–Crippen MR) is 55.7 cm³/mol. The summed E-state index contributed by atoms with van der Waals surface area (Å²) in [6.45, 7) is 1.95. The Kier molecular flexibility index (Phi) is 3.06. The van der Waals surface area contributed by atoms with Gasteiger partial charge in [-0.25, -0.2) is 0 Å². The van der Waals surface area contributed by atoms with Gasteiger partial charge in [0, 0.05) is 25.0 Å². The molecule has 1 heterocycles. The van der Waals surface area contributed by atoms with E-state index in [0.29, 0.717) is 5.91 Å². The van der Waals surface area contributed by atoms with Gasteiger partial charge >= 0.3 is 0 Å². The first kappa shape index (κ1) is 9.97. The summed E-state index contributed by atoms with van der Waals surface area (Å²) in [7, 11) is 0. The molecule has 1 amide bonds. The van der Waals surface area contributed by atoms with Crippen molar-refractivity contribution in [2.45, 2.75) is 44.6 Å². The highest BCUT2D eigenvalue weighted by Gasteiger charge is 2.29. The van der Waals surface area contributed by atoms with E-state index in [1.165, 1.54) is 12.8 Å². The van der Waals surface area contributed by atoms with E-state index in [2.05, 4.69) is 0 Å². The second-order valence-electron chi connectivity index (χ2n) is 4.66. The van der Waals surface area contributed by atoms with E-state index in [0.717, 1.165) is 38.8 Å². The van der Waals surface area contributed by atoms with Gasteiger partial charge in [0.2, 0.25) is 5.91 Å². The van der Waals surface area contributed by atoms with Gasteiger partial charge in [0.05, 0.1) is 0 Å². The molecule has 0 aromatic rings. The minimum Gasteiger partial charge on any atom is -0.342 e. The minimum atomic E-state index is 0.233. The number of amides is 1. The van der Waals surface area contributed by atoms with Gasteiger partial charge in [-0.3, -0.25) is 4.79 Å². The Labute approximate surface area is 85.6 Å². The van der Waals surface area contributed by atoms with Crippen molar-refractivity contribution in [3.05, 3.63) is 0 Å². The number of rotatable bonds is 1. The van der Waals surface area contributed by atoms with Crippen LogP contribution in [0.25, 0.3) is 0 Å². The summed E-state index contributed by atoms with van der Waals surface area (Å²) in [4.78, 5) is 14.0. The molecule has 2 aliphatic rings. The first-order valence-corrected chi connectivity index (χ1v) is 5.82. The molecule has 1 aliphatic carbocycles. The monoisotopic (exact) mass is 196 g/mol. The van der Waals surface area contributed by atoms with Crippen molar-refractivity contribution < 1.29 is 4.79 Å². The van der Waals surface area contributed by atoms with E-state index < -0.39 is 0 Å². The number of carbonyl (C=O) groups excluding carboxylic acids is 1. The van der Waals surface area contributed by atoms with Gasteiger partial charge < -0.3 is 10.6 Å². The quantitative estimate of drug-likeness (QED) is 0.683. The molecular formula is C11H20N2O. The second kappa shape index (κ2) is 4.30. The van der Waals surface area contributed by atoms with Crippen molar-refractivity contribution in [2.75, 3.05) is 13.1 Å². The Balaban J connectivity index is 1.89. The van der Waals surface area contributed by atoms with Gasteiger partial charge in [-0.2, -0.15) is 0 Å². The van der Waals surface area contributed by atoms with Crippen LogP contribution in [0.15, 0.2) is 0 Å². The number of carbonyl (C=O) groups is 1. The summed E-state index contributed by atoms with van der Waals surface area (Å²) in [5.74, 6) is 0.606. The number of nitrogens with zero attached hydrogens (tertiary/aromatic N) is 1. The largest absolute Gasteiger partial charge is 0.342 e. The van der Waals surface area contributed by atoms with Gasteiger partial charge in [-0.1, -0.05) is 6.42 Å². The van der Waals surface area contributed by atoms with Crippen LogP contribution in [0.1, 0.15) is 38.5 Å². The van der Waals surface area contributed by atoms with E-state index in [9.17, 15) is 4.79 Å². The highest BCUT2D eigenvalue weighted by Crippen LogP contribution is 2.26. The van der Waals surface area contributed by atoms with Crippen LogP contribution >= 0.6 is 0 Å². The third kappa shape index (κ3) is 2.08. The maximum absolute atomic E-state index is 12.0. The summed E-state index contributed by atoms with van der Waals surface area (Å²) in [6.07, 6.45) is 6.57. The average Bonchev–Trinajstić information content (AvgIpc) is 2.69. The van der Waals surface area contributed by atoms with Crippen molar-refractivity contribution in [3.63, 3.8) is 0 Å². The minimum absolute atomic E-state index is 0.233. The molecule has 0 radical (unpaired) electrons. The van der Waals surface area contributed by atoms with E-state index >= 15 is 0 Å². The number of hydrogen-bond acceptors (Lipinski definition) is 2. The van der Waals surface area contributed by atoms with Gasteiger partial charge in [0.25, 0.3) is 0 Å². The molecule has 2 atom stereocenters. The fourth-order valence-corrected chi connectivity index (χ4v) is 2.65. The maximum Gasteiger partial charge on any atom is 0.225 e. The summed E-state index contributed by atoms with van der Waals surface area (Å²) >= 11 is 0. The Hall–Kier alpha value is -0.570. The summed E-state index contributed by atoms with van der Waals surface area (Å²) in [5, 5.41) is 0. The molecule has 3 nitrogen and oxygen atoms in total. The SMILES string of the molecule is N[C@H]1CCC[C@@H](C(=O)N2CCCC2)C1. The summed E-state index contributed by atoms with van der Waals surface area (Å²) in [5.41, 5.74) is 5.89. The van der Waals surface area contributed by atoms with E-state index in [4.69, 9.17) is 5.73 Å². The van der Waals surface area contributed by atoms with Gasteiger partial charge in [-0.15, -0.1) is 0 Å². The molecule has 14 heavy (non-hydrogen) atoms. The van der Waals surface area contributed by atoms with Crippen LogP contribution in [0.3, 0.4) is 0 Å². The van der Waals surface area contributed by atoms with Crippen molar-refractivity contribution in [3.8, 4) is 0 Å². The first-order chi connectivity index (χ1) is 6.77. The maximum atomic E-state index is 12.0. The Morgan fingerprint density at radius 2 is 1.86 bits per heavy atom. The molecule has 3 heteroatoms.